The molecule has 0 aliphatic rings. The third-order valence-corrected chi connectivity index (χ3v) is 2.93. The van der Waals surface area contributed by atoms with Gasteiger partial charge in [-0.2, -0.15) is 0 Å². The molecule has 2 aromatic carbocycles. The summed E-state index contributed by atoms with van der Waals surface area (Å²) in [6.45, 7) is 1.79. The van der Waals surface area contributed by atoms with E-state index >= 15 is 0 Å². The third-order valence-electron chi connectivity index (χ3n) is 2.93. The molecule has 0 aliphatic carbocycles. The molecule has 2 rings (SSSR count). The summed E-state index contributed by atoms with van der Waals surface area (Å²) in [5.41, 5.74) is 2.29. The molecule has 0 unspecified atom stereocenters. The molecule has 0 atom stereocenters. The van der Waals surface area contributed by atoms with Gasteiger partial charge in [-0.25, -0.2) is 4.79 Å². The van der Waals surface area contributed by atoms with Gasteiger partial charge in [-0.1, -0.05) is 47.6 Å². The van der Waals surface area contributed by atoms with Gasteiger partial charge in [-0.05, 0) is 30.7 Å². The molecule has 0 radical (unpaired) electrons. The number of carbonyl (C=O) groups excluding carboxylic acids is 1. The lowest BCUT2D eigenvalue weighted by Gasteiger charge is -2.07. The second-order valence-corrected chi connectivity index (χ2v) is 4.52. The maximum absolute atomic E-state index is 11.9. The number of carbonyl (C=O) groups is 1. The Labute approximate surface area is 129 Å². The topological polar surface area (TPSA) is 47.9 Å². The van der Waals surface area contributed by atoms with Crippen molar-refractivity contribution in [2.75, 3.05) is 7.11 Å². The number of esters is 1. The van der Waals surface area contributed by atoms with Gasteiger partial charge in [0.15, 0.2) is 0 Å². The van der Waals surface area contributed by atoms with Crippen molar-refractivity contribution in [3.63, 3.8) is 0 Å². The highest BCUT2D eigenvalue weighted by Gasteiger charge is 2.09. The number of para-hydroxylation sites is 1. The van der Waals surface area contributed by atoms with E-state index in [9.17, 15) is 4.79 Å². The largest absolute Gasteiger partial charge is 0.423 e. The van der Waals surface area contributed by atoms with Crippen molar-refractivity contribution in [3.05, 3.63) is 71.8 Å². The summed E-state index contributed by atoms with van der Waals surface area (Å²) in [5, 5.41) is 3.86. The maximum Gasteiger partial charge on any atom is 0.336 e. The van der Waals surface area contributed by atoms with Gasteiger partial charge in [-0.3, -0.25) is 0 Å². The summed E-state index contributed by atoms with van der Waals surface area (Å²) in [6.07, 6.45) is 3.11. The Balaban J connectivity index is 2.12. The van der Waals surface area contributed by atoms with Crippen molar-refractivity contribution in [1.82, 2.24) is 0 Å². The lowest BCUT2D eigenvalue weighted by molar-refractivity contribution is -0.128. The van der Waals surface area contributed by atoms with E-state index in [1.807, 2.05) is 42.5 Å². The minimum atomic E-state index is -0.443. The number of rotatable bonds is 5. The van der Waals surface area contributed by atoms with E-state index in [4.69, 9.17) is 9.57 Å². The molecule has 112 valence electrons. The first-order valence-electron chi connectivity index (χ1n) is 6.83. The van der Waals surface area contributed by atoms with Gasteiger partial charge in [0.2, 0.25) is 0 Å². The van der Waals surface area contributed by atoms with Crippen LogP contribution in [0.25, 0.3) is 6.08 Å². The quantitative estimate of drug-likeness (QED) is 0.278. The van der Waals surface area contributed by atoms with Crippen LogP contribution in [0.5, 0.6) is 5.75 Å². The van der Waals surface area contributed by atoms with Crippen molar-refractivity contribution < 1.29 is 14.4 Å². The Morgan fingerprint density at radius 2 is 1.73 bits per heavy atom. The molecule has 2 aromatic rings. The SMILES string of the molecule is CO/N=C(\C)c1ccccc1OC(=O)/C=C/c1ccccc1. The zero-order chi connectivity index (χ0) is 15.8. The molecule has 0 saturated heterocycles. The van der Waals surface area contributed by atoms with Crippen LogP contribution >= 0.6 is 0 Å². The summed E-state index contributed by atoms with van der Waals surface area (Å²) >= 11 is 0. The minimum absolute atomic E-state index is 0.443. The first-order valence-corrected chi connectivity index (χ1v) is 6.83. The Morgan fingerprint density at radius 3 is 2.45 bits per heavy atom. The molecule has 4 nitrogen and oxygen atoms in total. The fourth-order valence-electron chi connectivity index (χ4n) is 1.91. The smallest absolute Gasteiger partial charge is 0.336 e. The normalized spacial score (nSPS) is 11.5. The third kappa shape index (κ3) is 4.31. The van der Waals surface area contributed by atoms with Crippen molar-refractivity contribution in [1.29, 1.82) is 0 Å². The predicted molar refractivity (Wildman–Crippen MR) is 86.8 cm³/mol. The molecular weight excluding hydrogens is 278 g/mol. The molecule has 0 saturated carbocycles. The standard InChI is InChI=1S/C18H17NO3/c1-14(19-21-2)16-10-6-7-11-17(16)22-18(20)13-12-15-8-4-3-5-9-15/h3-13H,1-2H3/b13-12+,19-14+. The molecule has 0 N–H and O–H groups in total. The molecule has 0 amide bonds. The summed E-state index contributed by atoms with van der Waals surface area (Å²) in [5.74, 6) is 0.00466. The fraction of sp³-hybridized carbons (Fsp3) is 0.111. The predicted octanol–water partition coefficient (Wildman–Crippen LogP) is 3.68. The lowest BCUT2D eigenvalue weighted by atomic mass is 10.1. The molecule has 0 aromatic heterocycles. The Bertz CT molecular complexity index is 690. The van der Waals surface area contributed by atoms with E-state index in [0.717, 1.165) is 5.56 Å². The van der Waals surface area contributed by atoms with Crippen LogP contribution in [0, 0.1) is 0 Å². The lowest BCUT2D eigenvalue weighted by Crippen LogP contribution is -2.08. The van der Waals surface area contributed by atoms with Crippen LogP contribution in [0.1, 0.15) is 18.1 Å². The number of benzene rings is 2. The van der Waals surface area contributed by atoms with E-state index in [-0.39, 0.29) is 0 Å². The van der Waals surface area contributed by atoms with Crippen molar-refractivity contribution in [2.24, 2.45) is 5.16 Å². The van der Waals surface area contributed by atoms with E-state index in [0.29, 0.717) is 17.0 Å². The highest BCUT2D eigenvalue weighted by molar-refractivity contribution is 6.01. The molecule has 22 heavy (non-hydrogen) atoms. The van der Waals surface area contributed by atoms with Gasteiger partial charge in [-0.15, -0.1) is 0 Å². The van der Waals surface area contributed by atoms with Crippen LogP contribution in [0.4, 0.5) is 0 Å². The summed E-state index contributed by atoms with van der Waals surface area (Å²) < 4.78 is 5.37. The first kappa shape index (κ1) is 15.5. The summed E-state index contributed by atoms with van der Waals surface area (Å²) in [6, 6.07) is 16.7. The first-order chi connectivity index (χ1) is 10.7. The Kier molecular flexibility index (Phi) is 5.49. The van der Waals surface area contributed by atoms with E-state index in [1.54, 1.807) is 25.1 Å². The summed E-state index contributed by atoms with van der Waals surface area (Å²) in [7, 11) is 1.47. The zero-order valence-corrected chi connectivity index (χ0v) is 12.5. The number of ether oxygens (including phenoxy) is 1. The van der Waals surface area contributed by atoms with Crippen molar-refractivity contribution in [3.8, 4) is 5.75 Å². The van der Waals surface area contributed by atoms with Gasteiger partial charge >= 0.3 is 5.97 Å². The van der Waals surface area contributed by atoms with Gasteiger partial charge in [0, 0.05) is 11.6 Å². The molecular formula is C18H17NO3. The van der Waals surface area contributed by atoms with Crippen LogP contribution in [-0.4, -0.2) is 18.8 Å². The average molecular weight is 295 g/mol. The molecule has 4 heteroatoms. The molecule has 0 heterocycles. The van der Waals surface area contributed by atoms with Gasteiger partial charge in [0.05, 0.1) is 5.71 Å². The van der Waals surface area contributed by atoms with Gasteiger partial charge in [0.25, 0.3) is 0 Å². The zero-order valence-electron chi connectivity index (χ0n) is 12.5. The van der Waals surface area contributed by atoms with E-state index < -0.39 is 5.97 Å². The Hall–Kier alpha value is -2.88. The Morgan fingerprint density at radius 1 is 1.05 bits per heavy atom. The number of oxime groups is 1. The average Bonchev–Trinajstić information content (AvgIpc) is 2.54. The molecule has 0 bridgehead atoms. The molecule has 0 fully saturated rings. The fourth-order valence-corrected chi connectivity index (χ4v) is 1.91. The van der Waals surface area contributed by atoms with Crippen LogP contribution in [0.2, 0.25) is 0 Å². The number of nitrogens with zero attached hydrogens (tertiary/aromatic N) is 1. The maximum atomic E-state index is 11.9. The van der Waals surface area contributed by atoms with E-state index in [1.165, 1.54) is 13.2 Å². The van der Waals surface area contributed by atoms with Gasteiger partial charge in [0.1, 0.15) is 12.9 Å². The number of hydrogen-bond acceptors (Lipinski definition) is 4. The van der Waals surface area contributed by atoms with Crippen LogP contribution in [0.3, 0.4) is 0 Å². The van der Waals surface area contributed by atoms with Gasteiger partial charge < -0.3 is 9.57 Å². The highest BCUT2D eigenvalue weighted by atomic mass is 16.6. The molecule has 0 spiro atoms. The van der Waals surface area contributed by atoms with Crippen molar-refractivity contribution in [2.45, 2.75) is 6.92 Å². The number of hydrogen-bond donors (Lipinski definition) is 0. The highest BCUT2D eigenvalue weighted by Crippen LogP contribution is 2.19. The van der Waals surface area contributed by atoms with Crippen LogP contribution in [-0.2, 0) is 9.63 Å². The second kappa shape index (κ2) is 7.78. The minimum Gasteiger partial charge on any atom is -0.423 e. The monoisotopic (exact) mass is 295 g/mol. The van der Waals surface area contributed by atoms with Crippen molar-refractivity contribution >= 4 is 17.8 Å². The summed E-state index contributed by atoms with van der Waals surface area (Å²) in [4.78, 5) is 16.7. The molecule has 0 aliphatic heterocycles. The van der Waals surface area contributed by atoms with E-state index in [2.05, 4.69) is 5.16 Å². The van der Waals surface area contributed by atoms with Crippen LogP contribution < -0.4 is 4.74 Å². The van der Waals surface area contributed by atoms with Crippen LogP contribution in [0.15, 0.2) is 65.8 Å². The second-order valence-electron chi connectivity index (χ2n) is 4.52.